The van der Waals surface area contributed by atoms with Gasteiger partial charge in [0.05, 0.1) is 23.7 Å². The number of nitrogens with zero attached hydrogens (tertiary/aromatic N) is 8. The van der Waals surface area contributed by atoms with Gasteiger partial charge in [-0.1, -0.05) is 18.9 Å². The second-order valence-electron chi connectivity index (χ2n) is 9.40. The molecule has 35 heavy (non-hydrogen) atoms. The van der Waals surface area contributed by atoms with Crippen molar-refractivity contribution >= 4 is 34.4 Å². The van der Waals surface area contributed by atoms with Crippen molar-refractivity contribution in [3.05, 3.63) is 36.3 Å². The van der Waals surface area contributed by atoms with E-state index in [-0.39, 0.29) is 11.9 Å². The number of carbonyl (C=O) groups is 1. The summed E-state index contributed by atoms with van der Waals surface area (Å²) in [6, 6.07) is 8.11. The van der Waals surface area contributed by atoms with Crippen LogP contribution in [0.5, 0.6) is 0 Å². The first-order valence-electron chi connectivity index (χ1n) is 12.2. The fraction of sp³-hybridized carbons (Fsp3) is 0.480. The maximum absolute atomic E-state index is 13.6. The van der Waals surface area contributed by atoms with Crippen LogP contribution >= 0.6 is 0 Å². The van der Waals surface area contributed by atoms with Crippen LogP contribution in [0.2, 0.25) is 0 Å². The number of pyridine rings is 1. The van der Waals surface area contributed by atoms with Gasteiger partial charge in [0.2, 0.25) is 5.95 Å². The smallest absolute Gasteiger partial charge is 0.272 e. The zero-order chi connectivity index (χ0) is 24.4. The normalized spacial score (nSPS) is 17.0. The lowest BCUT2D eigenvalue weighted by atomic mass is 10.2. The molecule has 3 aromatic heterocycles. The molecule has 0 aromatic carbocycles. The summed E-state index contributed by atoms with van der Waals surface area (Å²) in [6.45, 7) is 3.46. The van der Waals surface area contributed by atoms with Crippen LogP contribution in [0.3, 0.4) is 0 Å². The first-order chi connectivity index (χ1) is 17.1. The molecule has 10 heteroatoms. The summed E-state index contributed by atoms with van der Waals surface area (Å²) < 4.78 is 2.17. The van der Waals surface area contributed by atoms with Crippen LogP contribution in [0.1, 0.15) is 42.2 Å². The molecule has 1 N–H and O–H groups in total. The average Bonchev–Trinajstić information content (AvgIpc) is 3.51. The molecule has 1 saturated carbocycles. The standard InChI is InChI=1S/C25H31N9O/c1-31(2)24(35)22-21(33-15-13-32(12-10-26)14-16-33)19-17-28-25(29-20-9-5-6-11-27-20)30-23(19)34(22)18-7-3-4-8-18/h5-6,9,11,17-18H,3-4,7-8,12-16H2,1-2H3,(H,27,28,29,30). The van der Waals surface area contributed by atoms with Crippen LogP contribution in [-0.2, 0) is 0 Å². The minimum atomic E-state index is -0.0245. The first-order valence-corrected chi connectivity index (χ1v) is 12.2. The van der Waals surface area contributed by atoms with E-state index >= 15 is 0 Å². The first kappa shape index (κ1) is 23.1. The number of hydrogen-bond donors (Lipinski definition) is 1. The summed E-state index contributed by atoms with van der Waals surface area (Å²) >= 11 is 0. The predicted octanol–water partition coefficient (Wildman–Crippen LogP) is 3.03. The van der Waals surface area contributed by atoms with E-state index < -0.39 is 0 Å². The third-order valence-electron chi connectivity index (χ3n) is 6.90. The molecule has 1 aliphatic heterocycles. The summed E-state index contributed by atoms with van der Waals surface area (Å²) in [7, 11) is 3.60. The van der Waals surface area contributed by atoms with E-state index in [9.17, 15) is 4.79 Å². The maximum atomic E-state index is 13.6. The van der Waals surface area contributed by atoms with Gasteiger partial charge < -0.3 is 19.7 Å². The Morgan fingerprint density at radius 2 is 1.94 bits per heavy atom. The minimum Gasteiger partial charge on any atom is -0.366 e. The Labute approximate surface area is 205 Å². The van der Waals surface area contributed by atoms with E-state index in [1.54, 1.807) is 25.2 Å². The van der Waals surface area contributed by atoms with Crippen molar-refractivity contribution in [1.82, 2.24) is 29.3 Å². The number of nitriles is 1. The Morgan fingerprint density at radius 3 is 2.60 bits per heavy atom. The van der Waals surface area contributed by atoms with Gasteiger partial charge in [0, 0.05) is 58.7 Å². The topological polar surface area (TPSA) is 106 Å². The second kappa shape index (κ2) is 9.88. The van der Waals surface area contributed by atoms with Crippen molar-refractivity contribution in [2.45, 2.75) is 31.7 Å². The van der Waals surface area contributed by atoms with Gasteiger partial charge in [0.25, 0.3) is 5.91 Å². The van der Waals surface area contributed by atoms with Crippen LogP contribution in [0.15, 0.2) is 30.6 Å². The highest BCUT2D eigenvalue weighted by molar-refractivity contribution is 6.08. The van der Waals surface area contributed by atoms with E-state index in [2.05, 4.69) is 35.7 Å². The Hall–Kier alpha value is -3.71. The van der Waals surface area contributed by atoms with Crippen molar-refractivity contribution in [2.75, 3.05) is 57.0 Å². The molecule has 5 rings (SSSR count). The Kier molecular flexibility index (Phi) is 6.51. The molecular formula is C25H31N9O. The van der Waals surface area contributed by atoms with Gasteiger partial charge in [-0.15, -0.1) is 0 Å². The number of rotatable bonds is 6. The van der Waals surface area contributed by atoms with Crippen molar-refractivity contribution in [1.29, 1.82) is 5.26 Å². The fourth-order valence-corrected chi connectivity index (χ4v) is 5.17. The van der Waals surface area contributed by atoms with E-state index in [1.807, 2.05) is 24.4 Å². The average molecular weight is 474 g/mol. The van der Waals surface area contributed by atoms with Crippen molar-refractivity contribution in [2.24, 2.45) is 0 Å². The van der Waals surface area contributed by atoms with Gasteiger partial charge in [0.1, 0.15) is 17.2 Å². The molecule has 0 unspecified atom stereocenters. The minimum absolute atomic E-state index is 0.0245. The highest BCUT2D eigenvalue weighted by Crippen LogP contribution is 2.41. The zero-order valence-electron chi connectivity index (χ0n) is 20.3. The highest BCUT2D eigenvalue weighted by atomic mass is 16.2. The molecule has 0 spiro atoms. The lowest BCUT2D eigenvalue weighted by molar-refractivity contribution is 0.0816. The molecule has 2 aliphatic rings. The van der Waals surface area contributed by atoms with Crippen LogP contribution in [0.4, 0.5) is 17.5 Å². The van der Waals surface area contributed by atoms with Gasteiger partial charge in [-0.25, -0.2) is 9.97 Å². The van der Waals surface area contributed by atoms with Crippen molar-refractivity contribution in [3.8, 4) is 6.07 Å². The molecule has 0 radical (unpaired) electrons. The third-order valence-corrected chi connectivity index (χ3v) is 6.90. The van der Waals surface area contributed by atoms with Gasteiger partial charge in [-0.2, -0.15) is 10.2 Å². The van der Waals surface area contributed by atoms with Crippen LogP contribution in [0.25, 0.3) is 11.0 Å². The Balaban J connectivity index is 1.64. The van der Waals surface area contributed by atoms with E-state index in [4.69, 9.17) is 10.2 Å². The number of hydrogen-bond acceptors (Lipinski definition) is 8. The summed E-state index contributed by atoms with van der Waals surface area (Å²) in [5, 5.41) is 13.2. The molecule has 0 atom stereocenters. The van der Waals surface area contributed by atoms with Crippen LogP contribution in [-0.4, -0.2) is 82.0 Å². The largest absolute Gasteiger partial charge is 0.366 e. The Bertz CT molecular complexity index is 1230. The number of aromatic nitrogens is 4. The quantitative estimate of drug-likeness (QED) is 0.545. The highest BCUT2D eigenvalue weighted by Gasteiger charge is 2.34. The molecule has 10 nitrogen and oxygen atoms in total. The number of fused-ring (bicyclic) bond motifs is 1. The van der Waals surface area contributed by atoms with E-state index in [0.29, 0.717) is 24.0 Å². The third kappa shape index (κ3) is 4.51. The van der Waals surface area contributed by atoms with Crippen molar-refractivity contribution in [3.63, 3.8) is 0 Å². The lowest BCUT2D eigenvalue weighted by Gasteiger charge is -2.35. The molecule has 2 fully saturated rings. The van der Waals surface area contributed by atoms with Crippen LogP contribution < -0.4 is 10.2 Å². The number of anilines is 3. The van der Waals surface area contributed by atoms with Gasteiger partial charge >= 0.3 is 0 Å². The zero-order valence-corrected chi connectivity index (χ0v) is 20.3. The molecule has 182 valence electrons. The summed E-state index contributed by atoms with van der Waals surface area (Å²) in [4.78, 5) is 33.6. The van der Waals surface area contributed by atoms with Gasteiger partial charge in [-0.3, -0.25) is 9.69 Å². The van der Waals surface area contributed by atoms with Gasteiger partial charge in [0.15, 0.2) is 0 Å². The number of carbonyl (C=O) groups excluding carboxylic acids is 1. The summed E-state index contributed by atoms with van der Waals surface area (Å²) in [5.41, 5.74) is 2.38. The van der Waals surface area contributed by atoms with Crippen LogP contribution in [0, 0.1) is 11.3 Å². The Morgan fingerprint density at radius 1 is 1.17 bits per heavy atom. The molecular weight excluding hydrogens is 442 g/mol. The molecule has 1 amide bonds. The monoisotopic (exact) mass is 473 g/mol. The maximum Gasteiger partial charge on any atom is 0.272 e. The number of piperazine rings is 1. The molecule has 3 aromatic rings. The predicted molar refractivity (Wildman–Crippen MR) is 135 cm³/mol. The SMILES string of the molecule is CN(C)C(=O)c1c(N2CCN(CC#N)CC2)c2cnc(Nc3ccccn3)nc2n1C1CCCC1. The molecule has 1 aliphatic carbocycles. The summed E-state index contributed by atoms with van der Waals surface area (Å²) in [5.74, 6) is 1.11. The lowest BCUT2D eigenvalue weighted by Crippen LogP contribution is -2.47. The molecule has 1 saturated heterocycles. The van der Waals surface area contributed by atoms with E-state index in [1.165, 1.54) is 0 Å². The molecule has 0 bridgehead atoms. The second-order valence-corrected chi connectivity index (χ2v) is 9.40. The number of nitrogens with one attached hydrogen (secondary N) is 1. The van der Waals surface area contributed by atoms with Crippen molar-refractivity contribution < 1.29 is 4.79 Å². The number of amides is 1. The fourth-order valence-electron chi connectivity index (χ4n) is 5.17. The van der Waals surface area contributed by atoms with Gasteiger partial charge in [-0.05, 0) is 25.0 Å². The summed E-state index contributed by atoms with van der Waals surface area (Å²) in [6.07, 6.45) is 7.90. The van der Waals surface area contributed by atoms with E-state index in [0.717, 1.165) is 68.6 Å². The molecule has 4 heterocycles.